The fourth-order valence-corrected chi connectivity index (χ4v) is 1.49. The van der Waals surface area contributed by atoms with E-state index in [9.17, 15) is 9.90 Å². The van der Waals surface area contributed by atoms with Gasteiger partial charge in [0.15, 0.2) is 0 Å². The SMILES string of the molecule is O=C([O-])c1ccc(Oc2ccccc2Cl)cc1. The van der Waals surface area contributed by atoms with Crippen LogP contribution in [-0.2, 0) is 0 Å². The highest BCUT2D eigenvalue weighted by atomic mass is 35.5. The van der Waals surface area contributed by atoms with Gasteiger partial charge in [-0.1, -0.05) is 23.7 Å². The summed E-state index contributed by atoms with van der Waals surface area (Å²) in [7, 11) is 0. The Labute approximate surface area is 103 Å². The summed E-state index contributed by atoms with van der Waals surface area (Å²) in [5.41, 5.74) is 0.108. The predicted molar refractivity (Wildman–Crippen MR) is 62.3 cm³/mol. The van der Waals surface area contributed by atoms with Crippen molar-refractivity contribution in [2.24, 2.45) is 0 Å². The Morgan fingerprint density at radius 1 is 1.06 bits per heavy atom. The minimum atomic E-state index is -1.21. The summed E-state index contributed by atoms with van der Waals surface area (Å²) in [5, 5.41) is 11.0. The van der Waals surface area contributed by atoms with Crippen LogP contribution in [0.1, 0.15) is 10.4 Å². The number of rotatable bonds is 3. The lowest BCUT2D eigenvalue weighted by molar-refractivity contribution is -0.255. The van der Waals surface area contributed by atoms with E-state index in [1.807, 2.05) is 0 Å². The quantitative estimate of drug-likeness (QED) is 0.837. The molecule has 0 amide bonds. The number of carboxylic acid groups (broad SMARTS) is 1. The van der Waals surface area contributed by atoms with Gasteiger partial charge in [-0.2, -0.15) is 0 Å². The van der Waals surface area contributed by atoms with Crippen LogP contribution in [0.3, 0.4) is 0 Å². The molecule has 0 aliphatic carbocycles. The molecule has 0 fully saturated rings. The Kier molecular flexibility index (Phi) is 3.30. The Balaban J connectivity index is 2.20. The van der Waals surface area contributed by atoms with Crippen molar-refractivity contribution in [3.8, 4) is 11.5 Å². The zero-order valence-corrected chi connectivity index (χ0v) is 9.48. The molecule has 2 aromatic rings. The summed E-state index contributed by atoms with van der Waals surface area (Å²) >= 11 is 5.93. The highest BCUT2D eigenvalue weighted by Crippen LogP contribution is 2.28. The van der Waals surface area contributed by atoms with Gasteiger partial charge in [0, 0.05) is 0 Å². The highest BCUT2D eigenvalue weighted by Gasteiger charge is 2.02. The standard InChI is InChI=1S/C13H9ClO3/c14-11-3-1-2-4-12(11)17-10-7-5-9(6-8-10)13(15)16/h1-8H,(H,15,16)/p-1. The highest BCUT2D eigenvalue weighted by molar-refractivity contribution is 6.32. The predicted octanol–water partition coefficient (Wildman–Crippen LogP) is 2.50. The molecule has 0 N–H and O–H groups in total. The number of carboxylic acids is 1. The van der Waals surface area contributed by atoms with Gasteiger partial charge in [0.05, 0.1) is 11.0 Å². The van der Waals surface area contributed by atoms with Crippen LogP contribution in [0.5, 0.6) is 11.5 Å². The third-order valence-electron chi connectivity index (χ3n) is 2.15. The molecule has 0 atom stereocenters. The van der Waals surface area contributed by atoms with Gasteiger partial charge >= 0.3 is 0 Å². The maximum Gasteiger partial charge on any atom is 0.146 e. The molecule has 0 aliphatic rings. The molecular weight excluding hydrogens is 240 g/mol. The summed E-state index contributed by atoms with van der Waals surface area (Å²) in [5.74, 6) is -0.173. The first-order valence-corrected chi connectivity index (χ1v) is 5.28. The average molecular weight is 248 g/mol. The summed E-state index contributed by atoms with van der Waals surface area (Å²) < 4.78 is 5.50. The zero-order chi connectivity index (χ0) is 12.3. The molecule has 86 valence electrons. The van der Waals surface area contributed by atoms with E-state index in [0.29, 0.717) is 16.5 Å². The van der Waals surface area contributed by atoms with E-state index >= 15 is 0 Å². The number of para-hydroxylation sites is 1. The van der Waals surface area contributed by atoms with Crippen molar-refractivity contribution >= 4 is 17.6 Å². The number of hydrogen-bond acceptors (Lipinski definition) is 3. The molecule has 2 aromatic carbocycles. The molecule has 0 aliphatic heterocycles. The van der Waals surface area contributed by atoms with Crippen LogP contribution in [0, 0.1) is 0 Å². The van der Waals surface area contributed by atoms with E-state index in [-0.39, 0.29) is 5.56 Å². The van der Waals surface area contributed by atoms with Gasteiger partial charge in [0.25, 0.3) is 0 Å². The maximum atomic E-state index is 10.6. The van der Waals surface area contributed by atoms with E-state index in [1.165, 1.54) is 12.1 Å². The summed E-state index contributed by atoms with van der Waals surface area (Å²) in [6, 6.07) is 13.0. The first-order valence-electron chi connectivity index (χ1n) is 4.90. The molecule has 0 unspecified atom stereocenters. The molecule has 0 heterocycles. The van der Waals surface area contributed by atoms with Gasteiger partial charge in [-0.15, -0.1) is 0 Å². The number of halogens is 1. The Morgan fingerprint density at radius 2 is 1.71 bits per heavy atom. The van der Waals surface area contributed by atoms with Gasteiger partial charge in [-0.25, -0.2) is 0 Å². The van der Waals surface area contributed by atoms with Crippen LogP contribution in [0.4, 0.5) is 0 Å². The molecule has 0 radical (unpaired) electrons. The van der Waals surface area contributed by atoms with Crippen molar-refractivity contribution in [1.29, 1.82) is 0 Å². The molecule has 0 saturated carbocycles. The minimum absolute atomic E-state index is 0.108. The van der Waals surface area contributed by atoms with Gasteiger partial charge in [0.2, 0.25) is 0 Å². The van der Waals surface area contributed by atoms with Gasteiger partial charge < -0.3 is 14.6 Å². The minimum Gasteiger partial charge on any atom is -0.545 e. The van der Waals surface area contributed by atoms with E-state index in [4.69, 9.17) is 16.3 Å². The Hall–Kier alpha value is -2.00. The van der Waals surface area contributed by atoms with Gasteiger partial charge in [-0.05, 0) is 42.0 Å². The fraction of sp³-hybridized carbons (Fsp3) is 0. The van der Waals surface area contributed by atoms with E-state index < -0.39 is 5.97 Å². The van der Waals surface area contributed by atoms with Crippen molar-refractivity contribution in [2.45, 2.75) is 0 Å². The van der Waals surface area contributed by atoms with Crippen molar-refractivity contribution in [3.05, 3.63) is 59.1 Å². The summed E-state index contributed by atoms with van der Waals surface area (Å²) in [6.07, 6.45) is 0. The zero-order valence-electron chi connectivity index (χ0n) is 8.72. The number of ether oxygens (including phenoxy) is 1. The van der Waals surface area contributed by atoms with Gasteiger partial charge in [0.1, 0.15) is 11.5 Å². The lowest BCUT2D eigenvalue weighted by atomic mass is 10.2. The van der Waals surface area contributed by atoms with E-state index in [1.54, 1.807) is 36.4 Å². The fourth-order valence-electron chi connectivity index (χ4n) is 1.31. The van der Waals surface area contributed by atoms with E-state index in [0.717, 1.165) is 0 Å². The molecular formula is C13H8ClO3-. The molecule has 0 aromatic heterocycles. The van der Waals surface area contributed by atoms with Crippen LogP contribution >= 0.6 is 11.6 Å². The third kappa shape index (κ3) is 2.77. The number of carbonyl (C=O) groups excluding carboxylic acids is 1. The van der Waals surface area contributed by atoms with Crippen LogP contribution in [0.25, 0.3) is 0 Å². The molecule has 0 bridgehead atoms. The first kappa shape index (κ1) is 11.5. The maximum absolute atomic E-state index is 10.6. The van der Waals surface area contributed by atoms with Crippen molar-refractivity contribution in [1.82, 2.24) is 0 Å². The number of aromatic carboxylic acids is 1. The van der Waals surface area contributed by atoms with Crippen LogP contribution < -0.4 is 9.84 Å². The largest absolute Gasteiger partial charge is 0.545 e. The summed E-state index contributed by atoms with van der Waals surface area (Å²) in [4.78, 5) is 10.6. The molecule has 2 rings (SSSR count). The second-order valence-corrected chi connectivity index (χ2v) is 3.75. The number of carbonyl (C=O) groups is 1. The third-order valence-corrected chi connectivity index (χ3v) is 2.47. The first-order chi connectivity index (χ1) is 8.16. The van der Waals surface area contributed by atoms with E-state index in [2.05, 4.69) is 0 Å². The van der Waals surface area contributed by atoms with Crippen LogP contribution in [0.2, 0.25) is 5.02 Å². The lowest BCUT2D eigenvalue weighted by Crippen LogP contribution is -2.21. The topological polar surface area (TPSA) is 49.4 Å². The second kappa shape index (κ2) is 4.89. The lowest BCUT2D eigenvalue weighted by Gasteiger charge is -2.08. The molecule has 3 nitrogen and oxygen atoms in total. The van der Waals surface area contributed by atoms with Gasteiger partial charge in [-0.3, -0.25) is 0 Å². The smallest absolute Gasteiger partial charge is 0.146 e. The molecule has 0 saturated heterocycles. The normalized spacial score (nSPS) is 9.94. The van der Waals surface area contributed by atoms with Crippen molar-refractivity contribution in [3.63, 3.8) is 0 Å². The summed E-state index contributed by atoms with van der Waals surface area (Å²) in [6.45, 7) is 0. The Bertz CT molecular complexity index is 535. The number of hydrogen-bond donors (Lipinski definition) is 0. The molecule has 17 heavy (non-hydrogen) atoms. The van der Waals surface area contributed by atoms with Crippen molar-refractivity contribution < 1.29 is 14.6 Å². The Morgan fingerprint density at radius 3 is 2.29 bits per heavy atom. The van der Waals surface area contributed by atoms with Crippen LogP contribution in [-0.4, -0.2) is 5.97 Å². The second-order valence-electron chi connectivity index (χ2n) is 3.34. The molecule has 4 heteroatoms. The monoisotopic (exact) mass is 247 g/mol. The van der Waals surface area contributed by atoms with Crippen LogP contribution in [0.15, 0.2) is 48.5 Å². The van der Waals surface area contributed by atoms with Crippen molar-refractivity contribution in [2.75, 3.05) is 0 Å². The molecule has 0 spiro atoms. The number of benzene rings is 2. The average Bonchev–Trinajstić information content (AvgIpc) is 2.33.